The lowest BCUT2D eigenvalue weighted by Crippen LogP contribution is -2.40. The van der Waals surface area contributed by atoms with E-state index in [4.69, 9.17) is 14.5 Å². The van der Waals surface area contributed by atoms with E-state index in [9.17, 15) is 14.0 Å². The summed E-state index contributed by atoms with van der Waals surface area (Å²) in [6.07, 6.45) is 3.25. The Labute approximate surface area is 278 Å². The summed E-state index contributed by atoms with van der Waals surface area (Å²) in [7, 11) is 1.59. The normalized spacial score (nSPS) is 14.8. The molecule has 0 fully saturated rings. The van der Waals surface area contributed by atoms with E-state index >= 15 is 0 Å². The number of carbonyl (C=O) groups is 1. The molecule has 1 atom stereocenters. The van der Waals surface area contributed by atoms with Crippen LogP contribution in [0.25, 0.3) is 17.0 Å². The van der Waals surface area contributed by atoms with Crippen LogP contribution in [-0.2, 0) is 16.1 Å². The van der Waals surface area contributed by atoms with Crippen LogP contribution in [0.4, 0.5) is 4.39 Å². The van der Waals surface area contributed by atoms with E-state index in [-0.39, 0.29) is 18.0 Å². The number of rotatable bonds is 9. The number of halogens is 2. The highest BCUT2D eigenvalue weighted by atomic mass is 79.9. The minimum atomic E-state index is -0.734. The molecule has 0 bridgehead atoms. The number of allylic oxidation sites excluding steroid dienone is 1. The van der Waals surface area contributed by atoms with Crippen molar-refractivity contribution in [1.82, 2.24) is 9.13 Å². The first-order chi connectivity index (χ1) is 22.2. The molecule has 10 heteroatoms. The number of fused-ring (bicyclic) bond motifs is 2. The molecule has 3 aromatic carbocycles. The zero-order valence-electron chi connectivity index (χ0n) is 26.0. The first-order valence-corrected chi connectivity index (χ1v) is 16.7. The first-order valence-electron chi connectivity index (χ1n) is 15.1. The zero-order valence-corrected chi connectivity index (χ0v) is 28.4. The number of para-hydroxylation sites is 1. The maximum atomic E-state index is 14.4. The van der Waals surface area contributed by atoms with Crippen molar-refractivity contribution in [2.24, 2.45) is 4.99 Å². The van der Waals surface area contributed by atoms with Crippen molar-refractivity contribution in [3.8, 4) is 5.75 Å². The van der Waals surface area contributed by atoms with Gasteiger partial charge in [0.15, 0.2) is 4.80 Å². The molecule has 0 aliphatic carbocycles. The van der Waals surface area contributed by atoms with Crippen molar-refractivity contribution >= 4 is 50.2 Å². The van der Waals surface area contributed by atoms with Gasteiger partial charge in [-0.05, 0) is 83.7 Å². The maximum absolute atomic E-state index is 14.4. The van der Waals surface area contributed by atoms with Gasteiger partial charge < -0.3 is 14.0 Å². The molecule has 7 nitrogen and oxygen atoms in total. The van der Waals surface area contributed by atoms with Crippen LogP contribution in [0.1, 0.15) is 55.1 Å². The molecule has 0 saturated carbocycles. The van der Waals surface area contributed by atoms with Gasteiger partial charge in [0.25, 0.3) is 5.56 Å². The molecule has 0 spiro atoms. The molecule has 2 aromatic heterocycles. The number of benzene rings is 3. The molecule has 1 aliphatic heterocycles. The highest BCUT2D eigenvalue weighted by molar-refractivity contribution is 9.10. The molecular weight excluding hydrogens is 669 g/mol. The fourth-order valence-electron chi connectivity index (χ4n) is 6.04. The quantitative estimate of drug-likeness (QED) is 0.159. The average Bonchev–Trinajstić information content (AvgIpc) is 3.50. The van der Waals surface area contributed by atoms with Crippen LogP contribution < -0.4 is 19.6 Å². The molecule has 5 aromatic rings. The first kappa shape index (κ1) is 31.7. The minimum absolute atomic E-state index is 0.201. The Bertz CT molecular complexity index is 2180. The van der Waals surface area contributed by atoms with E-state index in [0.717, 1.165) is 39.7 Å². The molecule has 236 valence electrons. The Balaban J connectivity index is 1.57. The fraction of sp³-hybridized carbons (Fsp3) is 0.250. The number of thiazole rings is 1. The van der Waals surface area contributed by atoms with E-state index < -0.39 is 12.0 Å². The molecule has 0 amide bonds. The molecular formula is C36H33BrFN3O4S. The van der Waals surface area contributed by atoms with Gasteiger partial charge in [-0.1, -0.05) is 61.1 Å². The third kappa shape index (κ3) is 5.76. The minimum Gasteiger partial charge on any atom is -0.496 e. The van der Waals surface area contributed by atoms with Crippen molar-refractivity contribution in [2.75, 3.05) is 13.7 Å². The van der Waals surface area contributed by atoms with Gasteiger partial charge in [-0.15, -0.1) is 0 Å². The molecule has 0 unspecified atom stereocenters. The smallest absolute Gasteiger partial charge is 0.338 e. The Morgan fingerprint density at radius 1 is 1.11 bits per heavy atom. The van der Waals surface area contributed by atoms with Gasteiger partial charge in [-0.2, -0.15) is 0 Å². The third-order valence-corrected chi connectivity index (χ3v) is 9.80. The number of methoxy groups -OCH3 is 1. The predicted octanol–water partition coefficient (Wildman–Crippen LogP) is 6.80. The van der Waals surface area contributed by atoms with E-state index in [1.165, 1.54) is 23.5 Å². The van der Waals surface area contributed by atoms with Crippen LogP contribution in [0.3, 0.4) is 0 Å². The maximum Gasteiger partial charge on any atom is 0.338 e. The van der Waals surface area contributed by atoms with Crippen molar-refractivity contribution < 1.29 is 18.7 Å². The molecule has 1 aliphatic rings. The lowest BCUT2D eigenvalue weighted by atomic mass is 9.94. The summed E-state index contributed by atoms with van der Waals surface area (Å²) in [6.45, 7) is 6.58. The molecule has 0 radical (unpaired) electrons. The summed E-state index contributed by atoms with van der Waals surface area (Å²) in [5, 5.41) is 1.00. The molecule has 0 N–H and O–H groups in total. The Kier molecular flexibility index (Phi) is 9.11. The summed E-state index contributed by atoms with van der Waals surface area (Å²) < 4.78 is 29.6. The lowest BCUT2D eigenvalue weighted by molar-refractivity contribution is -0.139. The van der Waals surface area contributed by atoms with Gasteiger partial charge in [0.2, 0.25) is 0 Å². The van der Waals surface area contributed by atoms with Crippen LogP contribution in [0, 0.1) is 12.7 Å². The van der Waals surface area contributed by atoms with E-state index in [0.29, 0.717) is 43.8 Å². The van der Waals surface area contributed by atoms with Gasteiger partial charge >= 0.3 is 5.97 Å². The van der Waals surface area contributed by atoms with Crippen LogP contribution in [-0.4, -0.2) is 28.8 Å². The van der Waals surface area contributed by atoms with E-state index in [1.54, 1.807) is 30.7 Å². The largest absolute Gasteiger partial charge is 0.496 e. The van der Waals surface area contributed by atoms with Gasteiger partial charge in [0.05, 0.1) is 40.0 Å². The highest BCUT2D eigenvalue weighted by Gasteiger charge is 2.34. The number of ether oxygens (including phenoxy) is 2. The summed E-state index contributed by atoms with van der Waals surface area (Å²) in [6, 6.07) is 19.4. The number of nitrogens with zero attached hydrogens (tertiary/aromatic N) is 3. The van der Waals surface area contributed by atoms with Crippen molar-refractivity contribution in [1.29, 1.82) is 0 Å². The average molecular weight is 703 g/mol. The van der Waals surface area contributed by atoms with Crippen LogP contribution >= 0.6 is 27.3 Å². The summed E-state index contributed by atoms with van der Waals surface area (Å²) in [5.74, 6) is -0.123. The second-order valence-electron chi connectivity index (χ2n) is 11.0. The SMILES string of the molecule is CCCC1=C(C(=O)OCC)[C@H](c2ccc(OC)c(Br)c2)n2c(s/c(=C\c3c(C)n(Cc4ccc(F)cc4)c4ccccc34)c2=O)=N1. The molecule has 3 heterocycles. The molecule has 0 saturated heterocycles. The lowest BCUT2D eigenvalue weighted by Gasteiger charge is -2.26. The van der Waals surface area contributed by atoms with Gasteiger partial charge in [0, 0.05) is 28.7 Å². The number of hydrogen-bond donors (Lipinski definition) is 0. The van der Waals surface area contributed by atoms with Crippen molar-refractivity contribution in [2.45, 2.75) is 46.2 Å². The topological polar surface area (TPSA) is 74.8 Å². The van der Waals surface area contributed by atoms with Crippen molar-refractivity contribution in [3.05, 3.63) is 130 Å². The standard InChI is InChI=1S/C36H33BrFN3O4S/c1-5-9-28-32(35(43)45-6-2)33(23-14-17-30(44-4)27(37)18-23)41-34(42)31(46-36(41)39-28)19-26-21(3)40(29-11-8-7-10-25(26)29)20-22-12-15-24(38)16-13-22/h7-8,10-19,33H,5-6,9,20H2,1-4H3/b31-19-/t33-/m0/s1. The Morgan fingerprint density at radius 2 is 1.87 bits per heavy atom. The Morgan fingerprint density at radius 3 is 2.57 bits per heavy atom. The monoisotopic (exact) mass is 701 g/mol. The third-order valence-electron chi connectivity index (χ3n) is 8.19. The van der Waals surface area contributed by atoms with E-state index in [1.807, 2.05) is 56.3 Å². The summed E-state index contributed by atoms with van der Waals surface area (Å²) >= 11 is 4.89. The second kappa shape index (κ2) is 13.2. The predicted molar refractivity (Wildman–Crippen MR) is 183 cm³/mol. The number of esters is 1. The van der Waals surface area contributed by atoms with Crippen LogP contribution in [0.15, 0.2) is 92.3 Å². The zero-order chi connectivity index (χ0) is 32.5. The van der Waals surface area contributed by atoms with Crippen LogP contribution in [0.5, 0.6) is 5.75 Å². The van der Waals surface area contributed by atoms with E-state index in [2.05, 4.69) is 26.6 Å². The van der Waals surface area contributed by atoms with Gasteiger partial charge in [0.1, 0.15) is 11.6 Å². The second-order valence-corrected chi connectivity index (χ2v) is 12.9. The van der Waals surface area contributed by atoms with Crippen molar-refractivity contribution in [3.63, 3.8) is 0 Å². The summed E-state index contributed by atoms with van der Waals surface area (Å²) in [4.78, 5) is 33.4. The highest BCUT2D eigenvalue weighted by Crippen LogP contribution is 2.36. The van der Waals surface area contributed by atoms with Gasteiger partial charge in [-0.25, -0.2) is 14.2 Å². The molecule has 46 heavy (non-hydrogen) atoms. The van der Waals surface area contributed by atoms with Crippen LogP contribution in [0.2, 0.25) is 0 Å². The number of hydrogen-bond acceptors (Lipinski definition) is 6. The molecule has 6 rings (SSSR count). The number of aromatic nitrogens is 2. The summed E-state index contributed by atoms with van der Waals surface area (Å²) in [5.41, 5.74) is 5.36. The fourth-order valence-corrected chi connectivity index (χ4v) is 7.60. The Hall–Kier alpha value is -4.28. The number of carbonyl (C=O) groups excluding carboxylic acids is 1. The van der Waals surface area contributed by atoms with Gasteiger partial charge in [-0.3, -0.25) is 9.36 Å².